The molecule has 1 aromatic heterocycles. The standard InChI is InChI=1S/C24H20FN3O3S/c1-32(30,31)28-21-8-4-2-6-17(21)15-26-24(29)20-14-23(16-10-12-18(25)13-11-16)27-22-9-5-3-7-19(20)22/h2-14,28H,15H2,1H3,(H,26,29). The second kappa shape index (κ2) is 8.76. The maximum Gasteiger partial charge on any atom is 0.252 e. The van der Waals surface area contributed by atoms with E-state index in [1.54, 1.807) is 42.5 Å². The number of sulfonamides is 1. The number of anilines is 1. The van der Waals surface area contributed by atoms with Gasteiger partial charge in [-0.05, 0) is 48.0 Å². The number of nitrogens with one attached hydrogen (secondary N) is 2. The molecule has 162 valence electrons. The van der Waals surface area contributed by atoms with Crippen LogP contribution in [0, 0.1) is 5.82 Å². The molecule has 1 amide bonds. The molecule has 0 aliphatic heterocycles. The van der Waals surface area contributed by atoms with Crippen LogP contribution in [0.25, 0.3) is 22.2 Å². The minimum atomic E-state index is -3.46. The number of fused-ring (bicyclic) bond motifs is 1. The lowest BCUT2D eigenvalue weighted by molar-refractivity contribution is 0.0952. The zero-order valence-corrected chi connectivity index (χ0v) is 18.0. The number of hydrogen-bond donors (Lipinski definition) is 2. The first kappa shape index (κ1) is 21.5. The number of carbonyl (C=O) groups is 1. The van der Waals surface area contributed by atoms with Crippen LogP contribution in [0.3, 0.4) is 0 Å². The number of amides is 1. The van der Waals surface area contributed by atoms with Gasteiger partial charge in [-0.15, -0.1) is 0 Å². The van der Waals surface area contributed by atoms with Crippen LogP contribution in [-0.4, -0.2) is 25.6 Å². The van der Waals surface area contributed by atoms with Gasteiger partial charge >= 0.3 is 0 Å². The molecule has 6 nitrogen and oxygen atoms in total. The Kier molecular flexibility index (Phi) is 5.87. The van der Waals surface area contributed by atoms with Crippen LogP contribution in [0.5, 0.6) is 0 Å². The predicted octanol–water partition coefficient (Wildman–Crippen LogP) is 4.34. The molecule has 2 N–H and O–H groups in total. The van der Waals surface area contributed by atoms with Crippen molar-refractivity contribution >= 4 is 32.5 Å². The lowest BCUT2D eigenvalue weighted by atomic mass is 10.0. The van der Waals surface area contributed by atoms with Crippen LogP contribution >= 0.6 is 0 Å². The van der Waals surface area contributed by atoms with Crippen molar-refractivity contribution in [1.29, 1.82) is 0 Å². The molecule has 0 aliphatic carbocycles. The highest BCUT2D eigenvalue weighted by Gasteiger charge is 2.15. The molecule has 3 aromatic carbocycles. The van der Waals surface area contributed by atoms with E-state index in [1.807, 2.05) is 24.3 Å². The molecule has 0 aliphatic rings. The van der Waals surface area contributed by atoms with Gasteiger partial charge in [0.25, 0.3) is 5.91 Å². The summed E-state index contributed by atoms with van der Waals surface area (Å²) in [5.74, 6) is -0.685. The van der Waals surface area contributed by atoms with Crippen LogP contribution in [-0.2, 0) is 16.6 Å². The first-order chi connectivity index (χ1) is 15.3. The number of aromatic nitrogens is 1. The van der Waals surface area contributed by atoms with Crippen LogP contribution < -0.4 is 10.0 Å². The lowest BCUT2D eigenvalue weighted by Gasteiger charge is -2.13. The summed E-state index contributed by atoms with van der Waals surface area (Å²) < 4.78 is 39.0. The summed E-state index contributed by atoms with van der Waals surface area (Å²) in [5.41, 5.74) is 3.33. The topological polar surface area (TPSA) is 88.2 Å². The van der Waals surface area contributed by atoms with E-state index < -0.39 is 10.0 Å². The Labute approximate surface area is 185 Å². The lowest BCUT2D eigenvalue weighted by Crippen LogP contribution is -2.24. The average molecular weight is 450 g/mol. The van der Waals surface area contributed by atoms with Gasteiger partial charge in [0.2, 0.25) is 10.0 Å². The van der Waals surface area contributed by atoms with Crippen LogP contribution in [0.4, 0.5) is 10.1 Å². The number of rotatable bonds is 6. The van der Waals surface area contributed by atoms with Crippen molar-refractivity contribution in [2.45, 2.75) is 6.54 Å². The average Bonchev–Trinajstić information content (AvgIpc) is 2.77. The van der Waals surface area contributed by atoms with Gasteiger partial charge in [-0.2, -0.15) is 0 Å². The van der Waals surface area contributed by atoms with Gasteiger partial charge in [-0.3, -0.25) is 9.52 Å². The number of nitrogens with zero attached hydrogens (tertiary/aromatic N) is 1. The quantitative estimate of drug-likeness (QED) is 0.458. The number of para-hydroxylation sites is 2. The first-order valence-corrected chi connectivity index (χ1v) is 11.7. The Balaban J connectivity index is 1.66. The molecule has 4 rings (SSSR count). The van der Waals surface area contributed by atoms with Crippen molar-refractivity contribution in [3.8, 4) is 11.3 Å². The fourth-order valence-electron chi connectivity index (χ4n) is 3.38. The van der Waals surface area contributed by atoms with Gasteiger partial charge in [0, 0.05) is 17.5 Å². The van der Waals surface area contributed by atoms with E-state index in [2.05, 4.69) is 15.0 Å². The third kappa shape index (κ3) is 4.92. The Morgan fingerprint density at radius 3 is 2.41 bits per heavy atom. The Hall–Kier alpha value is -3.78. The van der Waals surface area contributed by atoms with Gasteiger partial charge in [0.1, 0.15) is 5.82 Å². The van der Waals surface area contributed by atoms with E-state index >= 15 is 0 Å². The number of benzene rings is 3. The molecule has 0 saturated carbocycles. The molecule has 0 spiro atoms. The Morgan fingerprint density at radius 2 is 1.66 bits per heavy atom. The Bertz CT molecular complexity index is 1400. The molecular formula is C24H20FN3O3S. The second-order valence-corrected chi connectivity index (χ2v) is 9.04. The minimum Gasteiger partial charge on any atom is -0.348 e. The van der Waals surface area contributed by atoms with Crippen molar-refractivity contribution in [2.75, 3.05) is 11.0 Å². The van der Waals surface area contributed by atoms with E-state index in [-0.39, 0.29) is 18.3 Å². The third-order valence-corrected chi connectivity index (χ3v) is 5.44. The molecule has 0 saturated heterocycles. The van der Waals surface area contributed by atoms with E-state index in [0.29, 0.717) is 39.0 Å². The SMILES string of the molecule is CS(=O)(=O)Nc1ccccc1CNC(=O)c1cc(-c2ccc(F)cc2)nc2ccccc12. The van der Waals surface area contributed by atoms with E-state index in [9.17, 15) is 17.6 Å². The Morgan fingerprint density at radius 1 is 0.969 bits per heavy atom. The molecule has 0 bridgehead atoms. The highest BCUT2D eigenvalue weighted by atomic mass is 32.2. The summed E-state index contributed by atoms with van der Waals surface area (Å²) in [4.78, 5) is 17.7. The van der Waals surface area contributed by atoms with Crippen molar-refractivity contribution < 1.29 is 17.6 Å². The third-order valence-electron chi connectivity index (χ3n) is 4.85. The number of halogens is 1. The molecule has 0 fully saturated rings. The van der Waals surface area contributed by atoms with Crippen molar-refractivity contribution in [3.05, 3.63) is 95.8 Å². The largest absolute Gasteiger partial charge is 0.348 e. The van der Waals surface area contributed by atoms with E-state index in [0.717, 1.165) is 6.26 Å². The van der Waals surface area contributed by atoms with Gasteiger partial charge in [0.15, 0.2) is 0 Å². The zero-order chi connectivity index (χ0) is 22.7. The first-order valence-electron chi connectivity index (χ1n) is 9.80. The molecule has 32 heavy (non-hydrogen) atoms. The summed E-state index contributed by atoms with van der Waals surface area (Å²) in [7, 11) is -3.46. The second-order valence-electron chi connectivity index (χ2n) is 7.29. The van der Waals surface area contributed by atoms with Crippen molar-refractivity contribution in [2.24, 2.45) is 0 Å². The smallest absolute Gasteiger partial charge is 0.252 e. The highest BCUT2D eigenvalue weighted by Crippen LogP contribution is 2.25. The molecule has 8 heteroatoms. The number of carbonyl (C=O) groups excluding carboxylic acids is 1. The summed E-state index contributed by atoms with van der Waals surface area (Å²) in [6.45, 7) is 0.125. The monoisotopic (exact) mass is 449 g/mol. The zero-order valence-electron chi connectivity index (χ0n) is 17.2. The van der Waals surface area contributed by atoms with E-state index in [4.69, 9.17) is 0 Å². The molecule has 0 unspecified atom stereocenters. The van der Waals surface area contributed by atoms with Crippen molar-refractivity contribution in [3.63, 3.8) is 0 Å². The van der Waals surface area contributed by atoms with Crippen molar-refractivity contribution in [1.82, 2.24) is 10.3 Å². The fourth-order valence-corrected chi connectivity index (χ4v) is 3.97. The van der Waals surface area contributed by atoms with Crippen LogP contribution in [0.1, 0.15) is 15.9 Å². The summed E-state index contributed by atoms with van der Waals surface area (Å²) >= 11 is 0. The molecule has 4 aromatic rings. The predicted molar refractivity (Wildman–Crippen MR) is 123 cm³/mol. The number of hydrogen-bond acceptors (Lipinski definition) is 4. The maximum atomic E-state index is 13.3. The highest BCUT2D eigenvalue weighted by molar-refractivity contribution is 7.92. The maximum absolute atomic E-state index is 13.3. The van der Waals surface area contributed by atoms with Gasteiger partial charge < -0.3 is 5.32 Å². The van der Waals surface area contributed by atoms with Gasteiger partial charge in [-0.1, -0.05) is 36.4 Å². The number of pyridine rings is 1. The van der Waals surface area contributed by atoms with Crippen LogP contribution in [0.2, 0.25) is 0 Å². The van der Waals surface area contributed by atoms with Crippen LogP contribution in [0.15, 0.2) is 78.9 Å². The summed E-state index contributed by atoms with van der Waals surface area (Å²) in [6.07, 6.45) is 1.07. The molecule has 1 heterocycles. The molecule has 0 radical (unpaired) electrons. The normalized spacial score (nSPS) is 11.3. The summed E-state index contributed by atoms with van der Waals surface area (Å²) in [6, 6.07) is 21.7. The fraction of sp³-hybridized carbons (Fsp3) is 0.0833. The molecular weight excluding hydrogens is 429 g/mol. The minimum absolute atomic E-state index is 0.125. The molecule has 0 atom stereocenters. The van der Waals surface area contributed by atoms with E-state index in [1.165, 1.54) is 12.1 Å². The van der Waals surface area contributed by atoms with Gasteiger partial charge in [-0.25, -0.2) is 17.8 Å². The van der Waals surface area contributed by atoms with Gasteiger partial charge in [0.05, 0.1) is 28.7 Å². The summed E-state index contributed by atoms with van der Waals surface area (Å²) in [5, 5.41) is 3.54.